The fraction of sp³-hybridized carbons (Fsp3) is 0.739. The van der Waals surface area contributed by atoms with Crippen molar-refractivity contribution in [2.75, 3.05) is 97.4 Å². The highest BCUT2D eigenvalue weighted by Crippen LogP contribution is 2.15. The van der Waals surface area contributed by atoms with Crippen LogP contribution in [-0.2, 0) is 29.1 Å². The lowest BCUT2D eigenvalue weighted by Gasteiger charge is -2.29. The minimum Gasteiger partial charge on any atom is -0.377 e. The van der Waals surface area contributed by atoms with Crippen molar-refractivity contribution in [3.05, 3.63) is 29.8 Å². The van der Waals surface area contributed by atoms with Crippen LogP contribution >= 0.6 is 0 Å². The van der Waals surface area contributed by atoms with Gasteiger partial charge in [-0.15, -0.1) is 0 Å². The van der Waals surface area contributed by atoms with Crippen molar-refractivity contribution in [2.45, 2.75) is 20.3 Å². The molecule has 9 nitrogen and oxygen atoms in total. The minimum absolute atomic E-state index is 0.229. The number of benzene rings is 1. The molecular formula is C23H43N2O7S+. The third-order valence-corrected chi connectivity index (χ3v) is 5.78. The summed E-state index contributed by atoms with van der Waals surface area (Å²) in [6, 6.07) is 8.49. The van der Waals surface area contributed by atoms with Crippen molar-refractivity contribution in [1.29, 1.82) is 0 Å². The Labute approximate surface area is 199 Å². The predicted molar refractivity (Wildman–Crippen MR) is 130 cm³/mol. The molecule has 0 bridgehead atoms. The van der Waals surface area contributed by atoms with E-state index in [0.717, 1.165) is 13.1 Å². The Bertz CT molecular complexity index is 744. The largest absolute Gasteiger partial charge is 0.377 e. The first-order chi connectivity index (χ1) is 15.6. The first-order valence-electron chi connectivity index (χ1n) is 11.5. The third-order valence-electron chi connectivity index (χ3n) is 4.98. The van der Waals surface area contributed by atoms with Crippen molar-refractivity contribution in [3.8, 4) is 0 Å². The van der Waals surface area contributed by atoms with E-state index in [1.807, 2.05) is 14.1 Å². The fourth-order valence-electron chi connectivity index (χ4n) is 3.18. The lowest BCUT2D eigenvalue weighted by atomic mass is 10.2. The quantitative estimate of drug-likeness (QED) is 0.128. The van der Waals surface area contributed by atoms with Gasteiger partial charge in [0.25, 0.3) is 10.1 Å². The lowest BCUT2D eigenvalue weighted by Crippen LogP contribution is -2.43. The Morgan fingerprint density at radius 1 is 0.939 bits per heavy atom. The van der Waals surface area contributed by atoms with Crippen LogP contribution < -0.4 is 4.90 Å². The predicted octanol–water partition coefficient (Wildman–Crippen LogP) is 2.20. The van der Waals surface area contributed by atoms with Gasteiger partial charge in [-0.05, 0) is 31.5 Å². The molecule has 0 aliphatic rings. The monoisotopic (exact) mass is 491 g/mol. The molecule has 1 N–H and O–H groups in total. The molecule has 192 valence electrons. The zero-order valence-electron chi connectivity index (χ0n) is 20.7. The van der Waals surface area contributed by atoms with Crippen LogP contribution in [0.15, 0.2) is 24.3 Å². The minimum atomic E-state index is -3.90. The summed E-state index contributed by atoms with van der Waals surface area (Å²) in [6.45, 7) is 10.7. The highest BCUT2D eigenvalue weighted by atomic mass is 32.2. The van der Waals surface area contributed by atoms with Crippen LogP contribution in [0.2, 0.25) is 0 Å². The molecule has 1 aromatic carbocycles. The van der Waals surface area contributed by atoms with Gasteiger partial charge in [0.15, 0.2) is 6.73 Å². The van der Waals surface area contributed by atoms with E-state index in [-0.39, 0.29) is 5.75 Å². The average Bonchev–Trinajstić information content (AvgIpc) is 2.73. The number of anilines is 1. The van der Waals surface area contributed by atoms with Crippen LogP contribution in [0.1, 0.15) is 18.9 Å². The molecule has 0 heterocycles. The van der Waals surface area contributed by atoms with Gasteiger partial charge in [-0.1, -0.05) is 12.1 Å². The van der Waals surface area contributed by atoms with Gasteiger partial charge in [-0.3, -0.25) is 4.55 Å². The van der Waals surface area contributed by atoms with Gasteiger partial charge in [0, 0.05) is 25.2 Å². The number of nitrogens with zero attached hydrogens (tertiary/aromatic N) is 2. The second kappa shape index (κ2) is 16.4. The summed E-state index contributed by atoms with van der Waals surface area (Å²) in [6.07, 6.45) is 0.385. The highest BCUT2D eigenvalue weighted by Gasteiger charge is 2.16. The van der Waals surface area contributed by atoms with Crippen LogP contribution in [0.5, 0.6) is 0 Å². The van der Waals surface area contributed by atoms with Crippen molar-refractivity contribution < 1.29 is 36.4 Å². The smallest absolute Gasteiger partial charge is 0.265 e. The third kappa shape index (κ3) is 16.1. The van der Waals surface area contributed by atoms with Gasteiger partial charge in [-0.25, -0.2) is 0 Å². The maximum absolute atomic E-state index is 10.8. The lowest BCUT2D eigenvalue weighted by molar-refractivity contribution is -0.909. The zero-order chi connectivity index (χ0) is 24.6. The van der Waals surface area contributed by atoms with E-state index < -0.39 is 10.1 Å². The summed E-state index contributed by atoms with van der Waals surface area (Å²) < 4.78 is 53.1. The van der Waals surface area contributed by atoms with Crippen molar-refractivity contribution >= 4 is 15.8 Å². The standard InChI is InChI=1S/C23H42N2O7S/c1-5-24(23-9-6-8-22(2)20-23)10-12-29-13-14-30-15-16-31-17-18-32-21-25(3,4)11-7-19-33(26,27)28/h6,8-9,20H,5,7,10-19,21H2,1-4H3/p+1. The Hall–Kier alpha value is -1.27. The van der Waals surface area contributed by atoms with Gasteiger partial charge >= 0.3 is 0 Å². The first kappa shape index (κ1) is 29.8. The number of quaternary nitrogens is 1. The summed E-state index contributed by atoms with van der Waals surface area (Å²) in [5, 5.41) is 0. The van der Waals surface area contributed by atoms with Crippen LogP contribution in [0.4, 0.5) is 5.69 Å². The molecule has 0 spiro atoms. The van der Waals surface area contributed by atoms with Crippen molar-refractivity contribution in [2.24, 2.45) is 0 Å². The van der Waals surface area contributed by atoms with E-state index in [4.69, 9.17) is 23.5 Å². The molecule has 0 radical (unpaired) electrons. The maximum atomic E-state index is 10.8. The molecule has 0 saturated heterocycles. The molecule has 0 aromatic heterocycles. The second-order valence-electron chi connectivity index (χ2n) is 8.59. The number of aryl methyl sites for hydroxylation is 1. The first-order valence-corrected chi connectivity index (χ1v) is 13.1. The molecule has 0 saturated carbocycles. The summed E-state index contributed by atoms with van der Waals surface area (Å²) in [5.74, 6) is -0.229. The summed E-state index contributed by atoms with van der Waals surface area (Å²) in [7, 11) is -0.00764. The van der Waals surface area contributed by atoms with Gasteiger partial charge in [-0.2, -0.15) is 8.42 Å². The molecule has 0 amide bonds. The Kier molecular flexibility index (Phi) is 14.8. The van der Waals surface area contributed by atoms with Crippen molar-refractivity contribution in [1.82, 2.24) is 0 Å². The van der Waals surface area contributed by atoms with Gasteiger partial charge in [0.2, 0.25) is 0 Å². The topological polar surface area (TPSA) is 94.5 Å². The van der Waals surface area contributed by atoms with E-state index in [2.05, 4.69) is 43.0 Å². The Morgan fingerprint density at radius 2 is 1.52 bits per heavy atom. The van der Waals surface area contributed by atoms with Crippen LogP contribution in [0, 0.1) is 6.92 Å². The molecule has 0 unspecified atom stereocenters. The van der Waals surface area contributed by atoms with Crippen LogP contribution in [0.3, 0.4) is 0 Å². The Balaban J connectivity index is 1.94. The Morgan fingerprint density at radius 3 is 2.06 bits per heavy atom. The summed E-state index contributed by atoms with van der Waals surface area (Å²) in [5.41, 5.74) is 2.48. The van der Waals surface area contributed by atoms with Gasteiger partial charge < -0.3 is 28.3 Å². The number of hydrogen-bond acceptors (Lipinski definition) is 7. The van der Waals surface area contributed by atoms with E-state index in [1.54, 1.807) is 0 Å². The van der Waals surface area contributed by atoms with Gasteiger partial charge in [0.1, 0.15) is 0 Å². The molecule has 0 aliphatic carbocycles. The molecule has 1 aromatic rings. The molecule has 0 atom stereocenters. The zero-order valence-corrected chi connectivity index (χ0v) is 21.5. The van der Waals surface area contributed by atoms with E-state index in [0.29, 0.717) is 70.4 Å². The summed E-state index contributed by atoms with van der Waals surface area (Å²) in [4.78, 5) is 2.29. The van der Waals surface area contributed by atoms with Gasteiger partial charge in [0.05, 0.1) is 72.6 Å². The van der Waals surface area contributed by atoms with Crippen LogP contribution in [0.25, 0.3) is 0 Å². The number of rotatable bonds is 20. The molecule has 10 heteroatoms. The second-order valence-corrected chi connectivity index (χ2v) is 10.2. The van der Waals surface area contributed by atoms with Crippen LogP contribution in [-0.4, -0.2) is 110 Å². The molecule has 0 aliphatic heterocycles. The number of hydrogen-bond donors (Lipinski definition) is 1. The van der Waals surface area contributed by atoms with E-state index >= 15 is 0 Å². The van der Waals surface area contributed by atoms with E-state index in [9.17, 15) is 8.42 Å². The number of likely N-dealkylation sites (N-methyl/N-ethyl adjacent to an activating group) is 1. The molecule has 1 rings (SSSR count). The maximum Gasteiger partial charge on any atom is 0.265 e. The van der Waals surface area contributed by atoms with Crippen molar-refractivity contribution in [3.63, 3.8) is 0 Å². The molecular weight excluding hydrogens is 448 g/mol. The molecule has 0 fully saturated rings. The normalized spacial score (nSPS) is 12.3. The summed E-state index contributed by atoms with van der Waals surface area (Å²) >= 11 is 0. The van der Waals surface area contributed by atoms with E-state index in [1.165, 1.54) is 11.3 Å². The fourth-order valence-corrected chi connectivity index (χ4v) is 3.67. The average molecular weight is 492 g/mol. The SMILES string of the molecule is CCN(CCOCCOCCOCCOC[N+](C)(C)CCCS(=O)(=O)O)c1cccc(C)c1. The number of ether oxygens (including phenoxy) is 4. The highest BCUT2D eigenvalue weighted by molar-refractivity contribution is 7.85. The molecule has 33 heavy (non-hydrogen) atoms.